The molecule has 3 atom stereocenters. The van der Waals surface area contributed by atoms with Gasteiger partial charge in [0.25, 0.3) is 5.91 Å². The fourth-order valence-corrected chi connectivity index (χ4v) is 6.82. The number of carbonyl (C=O) groups excluding carboxylic acids is 1. The molecule has 2 aliphatic heterocycles. The molecule has 6 nitrogen and oxygen atoms in total. The standard InChI is InChI=1S/C36H45ClN4O2/c1-2-29(30-11-5-3-6-12-30)27-40-24-19-28(25-33(41(40)43)20-23-39-21-9-4-10-22-39)26-38-36(42)35-14-8-7-13-34(35)31-15-17-32(37)18-16-31/h3,5-8,11-18,28-29,33H,2,4,9-10,19-27H2,1H3/p+1/t28-,29+,33+/m0/s1. The third-order valence-corrected chi connectivity index (χ3v) is 9.54. The van der Waals surface area contributed by atoms with E-state index >= 15 is 0 Å². The Bertz CT molecular complexity index is 1330. The Morgan fingerprint density at radius 2 is 1.67 bits per heavy atom. The molecule has 5 rings (SSSR count). The summed E-state index contributed by atoms with van der Waals surface area (Å²) in [6, 6.07) is 25.8. The molecule has 228 valence electrons. The van der Waals surface area contributed by atoms with E-state index in [1.54, 1.807) is 0 Å². The summed E-state index contributed by atoms with van der Waals surface area (Å²) in [5.74, 6) is 0.461. The van der Waals surface area contributed by atoms with Crippen molar-refractivity contribution in [2.24, 2.45) is 5.92 Å². The second-order valence-electron chi connectivity index (χ2n) is 12.2. The van der Waals surface area contributed by atoms with Gasteiger partial charge < -0.3 is 10.2 Å². The topological polar surface area (TPSA) is 55.7 Å². The van der Waals surface area contributed by atoms with Gasteiger partial charge in [-0.2, -0.15) is 0 Å². The van der Waals surface area contributed by atoms with Crippen molar-refractivity contribution in [1.29, 1.82) is 0 Å². The molecule has 2 aliphatic rings. The fourth-order valence-electron chi connectivity index (χ4n) is 6.70. The number of hydrogen-bond acceptors (Lipinski definition) is 3. The van der Waals surface area contributed by atoms with Gasteiger partial charge in [-0.25, -0.2) is 0 Å². The van der Waals surface area contributed by atoms with Crippen LogP contribution < -0.4 is 5.32 Å². The van der Waals surface area contributed by atoms with Gasteiger partial charge in [-0.3, -0.25) is 4.79 Å². The maximum Gasteiger partial charge on any atom is 0.251 e. The Morgan fingerprint density at radius 3 is 2.42 bits per heavy atom. The first-order chi connectivity index (χ1) is 21.0. The summed E-state index contributed by atoms with van der Waals surface area (Å²) in [7, 11) is 0. The van der Waals surface area contributed by atoms with Crippen LogP contribution in [0.15, 0.2) is 78.9 Å². The molecule has 0 aliphatic carbocycles. The predicted octanol–water partition coefficient (Wildman–Crippen LogP) is 7.58. The van der Waals surface area contributed by atoms with E-state index in [9.17, 15) is 9.70 Å². The molecule has 3 aromatic rings. The number of hydrogen-bond donors (Lipinski definition) is 1. The first kappa shape index (κ1) is 31.2. The minimum absolute atomic E-state index is 0.0781. The Morgan fingerprint density at radius 1 is 0.953 bits per heavy atom. The van der Waals surface area contributed by atoms with Crippen LogP contribution in [0.1, 0.15) is 73.7 Å². The molecule has 0 spiro atoms. The van der Waals surface area contributed by atoms with Gasteiger partial charge in [0.05, 0.1) is 18.0 Å². The van der Waals surface area contributed by atoms with Gasteiger partial charge in [0.2, 0.25) is 6.04 Å². The first-order valence-corrected chi connectivity index (χ1v) is 16.5. The lowest BCUT2D eigenvalue weighted by molar-refractivity contribution is -0.734. The van der Waals surface area contributed by atoms with E-state index < -0.39 is 0 Å². The van der Waals surface area contributed by atoms with Crippen molar-refractivity contribution in [1.82, 2.24) is 15.2 Å². The largest absolute Gasteiger partial charge is 0.352 e. The lowest BCUT2D eigenvalue weighted by Crippen LogP contribution is -2.43. The molecule has 2 saturated heterocycles. The van der Waals surface area contributed by atoms with E-state index in [4.69, 9.17) is 11.6 Å². The van der Waals surface area contributed by atoms with Crippen molar-refractivity contribution in [3.8, 4) is 11.1 Å². The van der Waals surface area contributed by atoms with Crippen molar-refractivity contribution >= 4 is 17.5 Å². The summed E-state index contributed by atoms with van der Waals surface area (Å²) in [6.07, 6.45) is 7.31. The van der Waals surface area contributed by atoms with E-state index in [1.807, 2.05) is 54.6 Å². The number of halogens is 1. The third kappa shape index (κ3) is 8.45. The zero-order valence-corrected chi connectivity index (χ0v) is 26.2. The SMILES string of the molecule is CC[C@H](CN1CC[C@H](CNC(=O)c2ccccc2-c2ccc(Cl)cc2)C[C@@H](CCN2CCCCC2)[N+]1=O)c1ccccc1. The minimum Gasteiger partial charge on any atom is -0.352 e. The summed E-state index contributed by atoms with van der Waals surface area (Å²) in [4.78, 5) is 31.3. The number of nitrogens with one attached hydrogen (secondary N) is 1. The molecule has 0 saturated carbocycles. The lowest BCUT2D eigenvalue weighted by atomic mass is 9.94. The molecule has 2 fully saturated rings. The van der Waals surface area contributed by atoms with Crippen molar-refractivity contribution in [2.45, 2.75) is 63.8 Å². The number of carbonyl (C=O) groups is 1. The predicted molar refractivity (Wildman–Crippen MR) is 175 cm³/mol. The zero-order valence-electron chi connectivity index (χ0n) is 25.5. The Kier molecular flexibility index (Phi) is 11.2. The number of piperidine rings is 1. The molecule has 7 heteroatoms. The van der Waals surface area contributed by atoms with Gasteiger partial charge in [0.15, 0.2) is 0 Å². The van der Waals surface area contributed by atoms with Crippen LogP contribution in [-0.2, 0) is 0 Å². The maximum atomic E-state index is 14.0. The molecule has 0 radical (unpaired) electrons. The molecule has 2 heterocycles. The van der Waals surface area contributed by atoms with E-state index in [2.05, 4.69) is 46.4 Å². The number of likely N-dealkylation sites (tertiary alicyclic amines) is 1. The highest BCUT2D eigenvalue weighted by Crippen LogP contribution is 2.28. The van der Waals surface area contributed by atoms with E-state index in [-0.39, 0.29) is 17.9 Å². The first-order valence-electron chi connectivity index (χ1n) is 16.1. The van der Waals surface area contributed by atoms with Crippen LogP contribution in [0.2, 0.25) is 5.02 Å². The van der Waals surface area contributed by atoms with Crippen LogP contribution in [0.3, 0.4) is 0 Å². The molecule has 0 unspecified atom stereocenters. The molecular formula is C36H46ClN4O2+. The van der Waals surface area contributed by atoms with E-state index in [0.29, 0.717) is 29.6 Å². The summed E-state index contributed by atoms with van der Waals surface area (Å²) in [6.45, 7) is 7.42. The van der Waals surface area contributed by atoms with Crippen LogP contribution in [0.25, 0.3) is 11.1 Å². The maximum absolute atomic E-state index is 14.0. The average Bonchev–Trinajstić information content (AvgIpc) is 3.20. The van der Waals surface area contributed by atoms with Crippen molar-refractivity contribution in [2.75, 3.05) is 39.3 Å². The molecular weight excluding hydrogens is 556 g/mol. The average molecular weight is 602 g/mol. The second kappa shape index (κ2) is 15.5. The van der Waals surface area contributed by atoms with Crippen LogP contribution in [0, 0.1) is 10.8 Å². The third-order valence-electron chi connectivity index (χ3n) is 9.29. The van der Waals surface area contributed by atoms with Crippen LogP contribution in [-0.4, -0.2) is 66.0 Å². The summed E-state index contributed by atoms with van der Waals surface area (Å²) >= 11 is 6.11. The van der Waals surface area contributed by atoms with Gasteiger partial charge in [0.1, 0.15) is 4.87 Å². The Balaban J connectivity index is 1.28. The Hall–Kier alpha value is -3.22. The van der Waals surface area contributed by atoms with Crippen LogP contribution in [0.5, 0.6) is 0 Å². The quantitative estimate of drug-likeness (QED) is 0.230. The highest BCUT2D eigenvalue weighted by atomic mass is 35.5. The Labute approximate surface area is 262 Å². The molecule has 0 aromatic heterocycles. The number of nitrogens with zero attached hydrogens (tertiary/aromatic N) is 3. The molecule has 1 N–H and O–H groups in total. The van der Waals surface area contributed by atoms with Gasteiger partial charge in [-0.1, -0.05) is 85.6 Å². The fraction of sp³-hybridized carbons (Fsp3) is 0.472. The zero-order chi connectivity index (χ0) is 30.0. The van der Waals surface area contributed by atoms with Crippen molar-refractivity contribution in [3.05, 3.63) is 99.9 Å². The minimum atomic E-state index is -0.0963. The highest BCUT2D eigenvalue weighted by molar-refractivity contribution is 6.30. The summed E-state index contributed by atoms with van der Waals surface area (Å²) < 4.78 is 0. The molecule has 3 aromatic carbocycles. The van der Waals surface area contributed by atoms with E-state index in [1.165, 1.54) is 29.7 Å². The van der Waals surface area contributed by atoms with Gasteiger partial charge >= 0.3 is 0 Å². The number of nitroso groups, excluding NO2 is 1. The van der Waals surface area contributed by atoms with Gasteiger partial charge in [0, 0.05) is 42.4 Å². The number of rotatable bonds is 11. The number of amides is 1. The number of hydrazine groups is 1. The second-order valence-corrected chi connectivity index (χ2v) is 12.7. The highest BCUT2D eigenvalue weighted by Gasteiger charge is 2.39. The van der Waals surface area contributed by atoms with E-state index in [0.717, 1.165) is 63.0 Å². The molecule has 1 amide bonds. The van der Waals surface area contributed by atoms with Crippen LogP contribution >= 0.6 is 11.6 Å². The smallest absolute Gasteiger partial charge is 0.251 e. The monoisotopic (exact) mass is 601 g/mol. The van der Waals surface area contributed by atoms with Gasteiger partial charge in [-0.15, -0.1) is 5.01 Å². The molecule has 0 bridgehead atoms. The van der Waals surface area contributed by atoms with Gasteiger partial charge in [-0.05, 0) is 79.6 Å². The summed E-state index contributed by atoms with van der Waals surface area (Å²) in [5, 5.41) is 5.96. The normalized spacial score (nSPS) is 20.4. The van der Waals surface area contributed by atoms with Crippen molar-refractivity contribution < 1.29 is 9.66 Å². The lowest BCUT2D eigenvalue weighted by Gasteiger charge is -2.27. The molecule has 43 heavy (non-hydrogen) atoms. The van der Waals surface area contributed by atoms with Crippen LogP contribution in [0.4, 0.5) is 0 Å². The summed E-state index contributed by atoms with van der Waals surface area (Å²) in [5.41, 5.74) is 3.79. The van der Waals surface area contributed by atoms with Crippen molar-refractivity contribution in [3.63, 3.8) is 0 Å². The number of benzene rings is 3.